The third kappa shape index (κ3) is 43.1. The van der Waals surface area contributed by atoms with E-state index in [4.69, 9.17) is 24.3 Å². The summed E-state index contributed by atoms with van der Waals surface area (Å²) in [6.45, 7) is 3.64. The summed E-state index contributed by atoms with van der Waals surface area (Å²) in [4.78, 5) is 34.9. The van der Waals surface area contributed by atoms with E-state index in [-0.39, 0.29) is 32.6 Å². The highest BCUT2D eigenvalue weighted by atomic mass is 31.2. The van der Waals surface area contributed by atoms with Crippen LogP contribution in [0.1, 0.15) is 194 Å². The van der Waals surface area contributed by atoms with Crippen LogP contribution >= 0.6 is 7.82 Å². The zero-order valence-electron chi connectivity index (χ0n) is 36.3. The minimum atomic E-state index is -4.40. The summed E-state index contributed by atoms with van der Waals surface area (Å²) in [6.07, 6.45) is 51.2. The molecule has 0 aromatic heterocycles. The Morgan fingerprint density at radius 2 is 0.930 bits per heavy atom. The maximum Gasteiger partial charge on any atom is 0.472 e. The van der Waals surface area contributed by atoms with E-state index in [1.165, 1.54) is 109 Å². The number of unbranched alkanes of at least 4 members (excludes halogenated alkanes) is 19. The van der Waals surface area contributed by atoms with Crippen LogP contribution in [0.25, 0.3) is 0 Å². The lowest BCUT2D eigenvalue weighted by Gasteiger charge is -2.19. The summed E-state index contributed by atoms with van der Waals surface area (Å²) < 4.78 is 32.7. The quantitative estimate of drug-likeness (QED) is 0.0267. The Balaban J connectivity index is 4.26. The number of esters is 2. The van der Waals surface area contributed by atoms with Gasteiger partial charge in [-0.15, -0.1) is 0 Å². The van der Waals surface area contributed by atoms with Crippen molar-refractivity contribution in [1.82, 2.24) is 0 Å². The van der Waals surface area contributed by atoms with Gasteiger partial charge in [0.2, 0.25) is 0 Å². The summed E-state index contributed by atoms with van der Waals surface area (Å²) in [5.41, 5.74) is 5.34. The molecule has 1 unspecified atom stereocenters. The smallest absolute Gasteiger partial charge is 0.462 e. The summed E-state index contributed by atoms with van der Waals surface area (Å²) in [5, 5.41) is 0. The third-order valence-electron chi connectivity index (χ3n) is 9.38. The van der Waals surface area contributed by atoms with Crippen molar-refractivity contribution in [2.24, 2.45) is 5.73 Å². The Hall–Kier alpha value is -2.29. The maximum atomic E-state index is 12.6. The van der Waals surface area contributed by atoms with Crippen molar-refractivity contribution in [2.75, 3.05) is 26.4 Å². The first-order valence-electron chi connectivity index (χ1n) is 22.8. The predicted octanol–water partition coefficient (Wildman–Crippen LogP) is 13.3. The summed E-state index contributed by atoms with van der Waals surface area (Å²) in [6, 6.07) is 0. The van der Waals surface area contributed by atoms with Gasteiger partial charge in [0, 0.05) is 19.4 Å². The van der Waals surface area contributed by atoms with Crippen molar-refractivity contribution in [3.8, 4) is 0 Å². The molecule has 0 spiro atoms. The first-order valence-corrected chi connectivity index (χ1v) is 24.3. The van der Waals surface area contributed by atoms with E-state index >= 15 is 0 Å². The zero-order chi connectivity index (χ0) is 41.8. The van der Waals surface area contributed by atoms with Gasteiger partial charge < -0.3 is 20.1 Å². The Morgan fingerprint density at radius 1 is 0.526 bits per heavy atom. The fourth-order valence-corrected chi connectivity index (χ4v) is 6.74. The SMILES string of the molecule is CCCCCCCCC/C=C/C/C=C/C/C=C/C/C=C/CCCC(=O)O[C@H](COC(=O)CCCC/C=C/CCCCCCCCCCC)COP(=O)(O)OCCN. The van der Waals surface area contributed by atoms with Gasteiger partial charge in [-0.1, -0.05) is 164 Å². The molecule has 0 bridgehead atoms. The lowest BCUT2D eigenvalue weighted by atomic mass is 10.1. The van der Waals surface area contributed by atoms with Crippen molar-refractivity contribution >= 4 is 19.8 Å². The molecule has 3 N–H and O–H groups in total. The molecule has 0 fully saturated rings. The molecule has 0 amide bonds. The van der Waals surface area contributed by atoms with Crippen LogP contribution < -0.4 is 5.73 Å². The number of phosphoric acid groups is 1. The van der Waals surface area contributed by atoms with Crippen molar-refractivity contribution in [1.29, 1.82) is 0 Å². The van der Waals surface area contributed by atoms with E-state index in [9.17, 15) is 19.0 Å². The molecule has 0 saturated carbocycles. The van der Waals surface area contributed by atoms with Crippen molar-refractivity contribution < 1.29 is 37.6 Å². The standard InChI is InChI=1S/C47H84NO8P/c1-3-5-7-9-11-13-15-17-19-20-21-22-23-24-26-28-30-32-34-36-38-40-47(50)56-45(44-55-57(51,52)54-42-41-48)43-53-46(49)39-37-35-33-31-29-27-25-18-16-14-12-10-8-6-4-2/h19-20,22-23,26,28-29,31-32,34,45H,3-18,21,24-25,27,30,33,35-44,48H2,1-2H3,(H,51,52)/b20-19+,23-22+,28-26+,31-29+,34-32+/t45-/m1/s1. The van der Waals surface area contributed by atoms with Crippen LogP contribution in [0, 0.1) is 0 Å². The highest BCUT2D eigenvalue weighted by molar-refractivity contribution is 7.47. The molecule has 0 aliphatic rings. The van der Waals surface area contributed by atoms with E-state index in [0.717, 1.165) is 38.5 Å². The van der Waals surface area contributed by atoms with E-state index in [1.54, 1.807) is 0 Å². The monoisotopic (exact) mass is 822 g/mol. The fraction of sp³-hybridized carbons (Fsp3) is 0.745. The minimum Gasteiger partial charge on any atom is -0.462 e. The Bertz CT molecular complexity index is 1120. The predicted molar refractivity (Wildman–Crippen MR) is 238 cm³/mol. The van der Waals surface area contributed by atoms with E-state index < -0.39 is 32.5 Å². The lowest BCUT2D eigenvalue weighted by molar-refractivity contribution is -0.161. The van der Waals surface area contributed by atoms with Crippen LogP contribution in [0.5, 0.6) is 0 Å². The van der Waals surface area contributed by atoms with Gasteiger partial charge in [0.25, 0.3) is 0 Å². The van der Waals surface area contributed by atoms with Gasteiger partial charge in [-0.05, 0) is 77.0 Å². The topological polar surface area (TPSA) is 134 Å². The number of carbonyl (C=O) groups excluding carboxylic acids is 2. The van der Waals surface area contributed by atoms with Gasteiger partial charge >= 0.3 is 19.8 Å². The van der Waals surface area contributed by atoms with E-state index in [2.05, 4.69) is 68.5 Å². The fourth-order valence-electron chi connectivity index (χ4n) is 5.97. The molecule has 0 aliphatic carbocycles. The second-order valence-corrected chi connectivity index (χ2v) is 16.4. The first-order chi connectivity index (χ1) is 27.8. The van der Waals surface area contributed by atoms with Gasteiger partial charge in [0.15, 0.2) is 6.10 Å². The van der Waals surface area contributed by atoms with Crippen LogP contribution in [0.4, 0.5) is 0 Å². The normalized spacial score (nSPS) is 13.8. The molecule has 0 heterocycles. The Kier molecular flexibility index (Phi) is 41.6. The number of hydrogen-bond acceptors (Lipinski definition) is 8. The van der Waals surface area contributed by atoms with Gasteiger partial charge in [0.1, 0.15) is 6.61 Å². The number of phosphoric ester groups is 1. The summed E-state index contributed by atoms with van der Waals surface area (Å²) in [5.74, 6) is -0.921. The lowest BCUT2D eigenvalue weighted by Crippen LogP contribution is -2.29. The average Bonchev–Trinajstić information content (AvgIpc) is 3.20. The largest absolute Gasteiger partial charge is 0.472 e. The van der Waals surface area contributed by atoms with Gasteiger partial charge in [0.05, 0.1) is 13.2 Å². The second-order valence-electron chi connectivity index (χ2n) is 14.9. The van der Waals surface area contributed by atoms with E-state index in [1.807, 2.05) is 6.08 Å². The van der Waals surface area contributed by atoms with Crippen molar-refractivity contribution in [3.05, 3.63) is 60.8 Å². The van der Waals surface area contributed by atoms with Crippen molar-refractivity contribution in [2.45, 2.75) is 200 Å². The number of ether oxygens (including phenoxy) is 2. The van der Waals surface area contributed by atoms with Gasteiger partial charge in [-0.2, -0.15) is 0 Å². The number of nitrogens with two attached hydrogens (primary N) is 1. The molecule has 2 atom stereocenters. The Labute approximate surface area is 349 Å². The first kappa shape index (κ1) is 54.7. The number of hydrogen-bond donors (Lipinski definition) is 2. The number of allylic oxidation sites excluding steroid dienone is 10. The van der Waals surface area contributed by atoms with Crippen LogP contribution in [-0.2, 0) is 32.7 Å². The molecule has 0 saturated heterocycles. The molecular weight excluding hydrogens is 737 g/mol. The van der Waals surface area contributed by atoms with Crippen LogP contribution in [-0.4, -0.2) is 49.3 Å². The molecule has 10 heteroatoms. The summed E-state index contributed by atoms with van der Waals surface area (Å²) in [7, 11) is -4.40. The maximum absolute atomic E-state index is 12.6. The van der Waals surface area contributed by atoms with Crippen LogP contribution in [0.2, 0.25) is 0 Å². The van der Waals surface area contributed by atoms with Crippen LogP contribution in [0.15, 0.2) is 60.8 Å². The molecule has 330 valence electrons. The Morgan fingerprint density at radius 3 is 1.42 bits per heavy atom. The molecule has 0 aliphatic heterocycles. The molecule has 9 nitrogen and oxygen atoms in total. The number of rotatable bonds is 42. The molecule has 0 radical (unpaired) electrons. The summed E-state index contributed by atoms with van der Waals surface area (Å²) >= 11 is 0. The molecule has 0 aromatic rings. The van der Waals surface area contributed by atoms with Gasteiger partial charge in [-0.25, -0.2) is 4.57 Å². The van der Waals surface area contributed by atoms with Crippen molar-refractivity contribution in [3.63, 3.8) is 0 Å². The molecule has 57 heavy (non-hydrogen) atoms. The third-order valence-corrected chi connectivity index (χ3v) is 10.4. The number of carbonyl (C=O) groups is 2. The molecule has 0 rings (SSSR count). The second kappa shape index (κ2) is 43.3. The molecule has 0 aromatic carbocycles. The van der Waals surface area contributed by atoms with E-state index in [0.29, 0.717) is 19.3 Å². The highest BCUT2D eigenvalue weighted by Gasteiger charge is 2.25. The van der Waals surface area contributed by atoms with Crippen LogP contribution in [0.3, 0.4) is 0 Å². The zero-order valence-corrected chi connectivity index (χ0v) is 37.2. The minimum absolute atomic E-state index is 0.0403. The average molecular weight is 822 g/mol. The van der Waals surface area contributed by atoms with Gasteiger partial charge in [-0.3, -0.25) is 18.6 Å². The highest BCUT2D eigenvalue weighted by Crippen LogP contribution is 2.43. The molecular formula is C47H84NO8P.